The van der Waals surface area contributed by atoms with E-state index in [1.807, 2.05) is 85.8 Å². The van der Waals surface area contributed by atoms with Crippen molar-refractivity contribution in [1.29, 1.82) is 0 Å². The zero-order valence-corrected chi connectivity index (χ0v) is 35.2. The Labute approximate surface area is 364 Å². The van der Waals surface area contributed by atoms with E-state index in [-0.39, 0.29) is 11.8 Å². The van der Waals surface area contributed by atoms with Crippen molar-refractivity contribution < 1.29 is 33.4 Å². The number of carbonyl (C=O) groups excluding carboxylic acids is 4. The van der Waals surface area contributed by atoms with Gasteiger partial charge in [0, 0.05) is 37.7 Å². The number of ether oxygens (including phenoxy) is 3. The van der Waals surface area contributed by atoms with E-state index in [1.54, 1.807) is 47.3 Å². The third-order valence-electron chi connectivity index (χ3n) is 11.3. The van der Waals surface area contributed by atoms with Crippen LogP contribution in [0.1, 0.15) is 66.0 Å². The van der Waals surface area contributed by atoms with Crippen molar-refractivity contribution in [1.82, 2.24) is 40.4 Å². The highest BCUT2D eigenvalue weighted by atomic mass is 16.5. The van der Waals surface area contributed by atoms with Crippen molar-refractivity contribution in [3.8, 4) is 51.2 Å². The van der Waals surface area contributed by atoms with Crippen LogP contribution >= 0.6 is 0 Å². The molecular weight excluding hydrogens is 801 g/mol. The lowest BCUT2D eigenvalue weighted by atomic mass is 9.99. The molecule has 0 fully saturated rings. The van der Waals surface area contributed by atoms with Crippen LogP contribution in [0.25, 0.3) is 33.6 Å². The van der Waals surface area contributed by atoms with Gasteiger partial charge >= 0.3 is 12.2 Å². The highest BCUT2D eigenvalue weighted by Gasteiger charge is 2.35. The van der Waals surface area contributed by atoms with Gasteiger partial charge < -0.3 is 44.6 Å². The normalized spacial score (nSPS) is 15.4. The fourth-order valence-corrected chi connectivity index (χ4v) is 7.74. The van der Waals surface area contributed by atoms with Crippen LogP contribution in [0.4, 0.5) is 9.59 Å². The maximum atomic E-state index is 14.0. The zero-order valence-electron chi connectivity index (χ0n) is 35.2. The molecule has 0 radical (unpaired) electrons. The number of carbonyl (C=O) groups is 4. The molecule has 2 aromatic heterocycles. The second-order valence-corrected chi connectivity index (χ2v) is 15.1. The third-order valence-corrected chi connectivity index (χ3v) is 11.3. The maximum absolute atomic E-state index is 14.0. The van der Waals surface area contributed by atoms with Crippen LogP contribution in [0.2, 0.25) is 0 Å². The molecule has 320 valence electrons. The largest absolute Gasteiger partial charge is 0.492 e. The zero-order chi connectivity index (χ0) is 44.0. The summed E-state index contributed by atoms with van der Waals surface area (Å²) in [6.07, 6.45) is 1.39. The van der Waals surface area contributed by atoms with Gasteiger partial charge in [0.15, 0.2) is 6.04 Å². The van der Waals surface area contributed by atoms with Crippen LogP contribution in [-0.2, 0) is 25.5 Å². The SMILES string of the molecule is COC(=O)N[C@@H](C(=O)N(C)[C@@H](C)c1nc2c([nH]1)CCOc1cc(-c3ccc(-c4cnc([C@@H]5C#CCCN5C(=O)[C@H](NC(=O)OC)c5ccccc5)[nH]4)cc3)ccc1-2)c1ccccc1. The molecule has 63 heavy (non-hydrogen) atoms. The lowest BCUT2D eigenvalue weighted by Gasteiger charge is -2.32. The van der Waals surface area contributed by atoms with Crippen molar-refractivity contribution in [2.24, 2.45) is 0 Å². The number of hydrogen-bond donors (Lipinski definition) is 4. The van der Waals surface area contributed by atoms with Gasteiger partial charge in [-0.1, -0.05) is 103 Å². The number of rotatable bonds is 11. The standard InChI is InChI=1S/C48H46N8O7/c1-29(55(2)45(57)40(53-47(59)61-3)32-13-7-5-8-14-32)43-50-36-24-26-63-39-27-34(22-23-35(39)42(36)52-43)30-18-20-31(21-19-30)37-28-49-44(51-37)38-17-11-12-25-56(38)46(58)41(54-48(60)62-4)33-15-9-6-10-16-33/h5-10,13-16,18-23,27-29,38,40-41H,12,24-26H2,1-4H3,(H,49,51)(H,50,52)(H,53,59)(H,54,60)/t29-,38-,40+,41+/m0/s1. The Balaban J connectivity index is 0.981. The molecule has 0 saturated carbocycles. The first kappa shape index (κ1) is 41.9. The summed E-state index contributed by atoms with van der Waals surface area (Å²) >= 11 is 0. The predicted molar refractivity (Wildman–Crippen MR) is 234 cm³/mol. The van der Waals surface area contributed by atoms with E-state index in [0.29, 0.717) is 54.5 Å². The smallest absolute Gasteiger partial charge is 0.407 e. The summed E-state index contributed by atoms with van der Waals surface area (Å²) in [5.41, 5.74) is 7.32. The number of alkyl carbamates (subject to hydrolysis) is 2. The van der Waals surface area contributed by atoms with Crippen molar-refractivity contribution in [3.05, 3.63) is 138 Å². The van der Waals surface area contributed by atoms with E-state index < -0.39 is 36.4 Å². The number of methoxy groups -OCH3 is 2. The summed E-state index contributed by atoms with van der Waals surface area (Å²) < 4.78 is 15.9. The molecule has 8 rings (SSSR count). The molecular formula is C48H46N8O7. The van der Waals surface area contributed by atoms with E-state index >= 15 is 0 Å². The average molecular weight is 847 g/mol. The number of nitrogens with one attached hydrogen (secondary N) is 4. The van der Waals surface area contributed by atoms with E-state index in [9.17, 15) is 19.2 Å². The quantitative estimate of drug-likeness (QED) is 0.0992. The Morgan fingerprint density at radius 3 is 2.16 bits per heavy atom. The monoisotopic (exact) mass is 846 g/mol. The molecule has 0 bridgehead atoms. The molecule has 15 heteroatoms. The van der Waals surface area contributed by atoms with Gasteiger partial charge in [-0.3, -0.25) is 9.59 Å². The first-order valence-corrected chi connectivity index (χ1v) is 20.5. The number of aromatic amines is 2. The van der Waals surface area contributed by atoms with Gasteiger partial charge in [-0.15, -0.1) is 0 Å². The Morgan fingerprint density at radius 2 is 1.48 bits per heavy atom. The second-order valence-electron chi connectivity index (χ2n) is 15.1. The first-order chi connectivity index (χ1) is 30.6. The summed E-state index contributed by atoms with van der Waals surface area (Å²) in [4.78, 5) is 72.1. The van der Waals surface area contributed by atoms with Gasteiger partial charge in [0.2, 0.25) is 5.91 Å². The van der Waals surface area contributed by atoms with E-state index in [0.717, 1.165) is 39.3 Å². The van der Waals surface area contributed by atoms with Crippen molar-refractivity contribution in [3.63, 3.8) is 0 Å². The molecule has 4 heterocycles. The van der Waals surface area contributed by atoms with Gasteiger partial charge in [0.05, 0.1) is 44.5 Å². The van der Waals surface area contributed by atoms with Crippen LogP contribution in [0.3, 0.4) is 0 Å². The minimum absolute atomic E-state index is 0.320. The number of hydrogen-bond acceptors (Lipinski definition) is 9. The Bertz CT molecular complexity index is 2690. The molecule has 4 N–H and O–H groups in total. The molecule has 4 amide bonds. The Morgan fingerprint density at radius 1 is 0.841 bits per heavy atom. The van der Waals surface area contributed by atoms with Gasteiger partial charge in [-0.2, -0.15) is 0 Å². The minimum Gasteiger partial charge on any atom is -0.492 e. The number of imidazole rings is 2. The highest BCUT2D eigenvalue weighted by molar-refractivity contribution is 5.88. The molecule has 0 saturated heterocycles. The molecule has 2 aliphatic rings. The Kier molecular flexibility index (Phi) is 12.2. The molecule has 4 atom stereocenters. The lowest BCUT2D eigenvalue weighted by molar-refractivity contribution is -0.135. The predicted octanol–water partition coefficient (Wildman–Crippen LogP) is 7.06. The van der Waals surface area contributed by atoms with Gasteiger partial charge in [-0.05, 0) is 46.9 Å². The molecule has 2 aliphatic heterocycles. The van der Waals surface area contributed by atoms with Gasteiger partial charge in [0.25, 0.3) is 5.91 Å². The van der Waals surface area contributed by atoms with Crippen LogP contribution in [0.15, 0.2) is 109 Å². The van der Waals surface area contributed by atoms with Crippen LogP contribution in [0, 0.1) is 11.8 Å². The molecule has 0 spiro atoms. The maximum Gasteiger partial charge on any atom is 0.407 e. The lowest BCUT2D eigenvalue weighted by Crippen LogP contribution is -2.45. The number of H-pyrrole nitrogens is 2. The third kappa shape index (κ3) is 8.83. The number of nitrogens with zero attached hydrogens (tertiary/aromatic N) is 4. The molecule has 15 nitrogen and oxygen atoms in total. The van der Waals surface area contributed by atoms with Crippen molar-refractivity contribution in [2.45, 2.75) is 43.9 Å². The second kappa shape index (κ2) is 18.4. The van der Waals surface area contributed by atoms with E-state index in [1.165, 1.54) is 14.2 Å². The average Bonchev–Trinajstić information content (AvgIpc) is 3.97. The van der Waals surface area contributed by atoms with Crippen LogP contribution in [0.5, 0.6) is 5.75 Å². The topological polar surface area (TPSA) is 184 Å². The molecule has 6 aromatic rings. The summed E-state index contributed by atoms with van der Waals surface area (Å²) in [5.74, 6) is 7.47. The highest BCUT2D eigenvalue weighted by Crippen LogP contribution is 2.39. The number of amides is 4. The number of likely N-dealkylation sites (N-methyl/N-ethyl adjacent to an activating group) is 1. The van der Waals surface area contributed by atoms with Gasteiger partial charge in [0.1, 0.15) is 29.5 Å². The summed E-state index contributed by atoms with van der Waals surface area (Å²) in [5, 5.41) is 5.35. The molecule has 0 aliphatic carbocycles. The minimum atomic E-state index is -0.967. The van der Waals surface area contributed by atoms with Crippen LogP contribution < -0.4 is 15.4 Å². The molecule has 4 aromatic carbocycles. The fourth-order valence-electron chi connectivity index (χ4n) is 7.74. The number of benzene rings is 4. The fraction of sp³-hybridized carbons (Fsp3) is 0.250. The van der Waals surface area contributed by atoms with E-state index in [2.05, 4.69) is 37.4 Å². The summed E-state index contributed by atoms with van der Waals surface area (Å²) in [6, 6.07) is 29.1. The Hall–Kier alpha value is -7.86. The number of fused-ring (bicyclic) bond motifs is 3. The van der Waals surface area contributed by atoms with E-state index in [4.69, 9.17) is 19.2 Å². The van der Waals surface area contributed by atoms with Gasteiger partial charge in [-0.25, -0.2) is 19.6 Å². The first-order valence-electron chi connectivity index (χ1n) is 20.5. The number of aromatic nitrogens is 4. The van der Waals surface area contributed by atoms with Crippen molar-refractivity contribution in [2.75, 3.05) is 34.4 Å². The summed E-state index contributed by atoms with van der Waals surface area (Å²) in [7, 11) is 4.21. The van der Waals surface area contributed by atoms with Crippen molar-refractivity contribution >= 4 is 24.0 Å². The molecule has 0 unspecified atom stereocenters. The van der Waals surface area contributed by atoms with Crippen LogP contribution in [-0.4, -0.2) is 88.2 Å². The summed E-state index contributed by atoms with van der Waals surface area (Å²) in [6.45, 7) is 2.68.